The van der Waals surface area contributed by atoms with Crippen LogP contribution in [0.5, 0.6) is 0 Å². The molecule has 31 heavy (non-hydrogen) atoms. The van der Waals surface area contributed by atoms with Gasteiger partial charge in [0, 0.05) is 30.9 Å². The maximum Gasteiger partial charge on any atom is 0.243 e. The van der Waals surface area contributed by atoms with E-state index in [1.165, 1.54) is 34.3 Å². The zero-order chi connectivity index (χ0) is 22.9. The third kappa shape index (κ3) is 3.72. The molecule has 0 aromatic heterocycles. The van der Waals surface area contributed by atoms with Crippen LogP contribution in [-0.4, -0.2) is 55.0 Å². The van der Waals surface area contributed by atoms with Gasteiger partial charge in [-0.2, -0.15) is 0 Å². The second-order valence-corrected chi connectivity index (χ2v) is 7.77. The number of aliphatic imine (C=N–C) groups is 1. The van der Waals surface area contributed by atoms with Crippen LogP contribution in [0, 0.1) is 22.0 Å². The average Bonchev–Trinajstić information content (AvgIpc) is 3.20. The Morgan fingerprint density at radius 1 is 1.29 bits per heavy atom. The molecule has 2 aliphatic carbocycles. The Morgan fingerprint density at radius 3 is 2.52 bits per heavy atom. The standard InChI is InChI=1S/C21H23ClN2O7/c1-11(25)21(31-4)19-14(9-17(29-2)20(21)30-3)8-16(23-19)18(26)13-5-12(10-22)6-15(7-13)24(27)28/h6,8-9,12-13H,5,7,10H2,1-4H3. The first-order chi connectivity index (χ1) is 14.7. The van der Waals surface area contributed by atoms with Crippen molar-refractivity contribution in [1.82, 2.24) is 0 Å². The van der Waals surface area contributed by atoms with Crippen LogP contribution in [0.15, 0.2) is 51.7 Å². The van der Waals surface area contributed by atoms with Gasteiger partial charge in [-0.3, -0.25) is 19.7 Å². The van der Waals surface area contributed by atoms with E-state index in [0.717, 1.165) is 0 Å². The van der Waals surface area contributed by atoms with E-state index in [9.17, 15) is 19.7 Å². The van der Waals surface area contributed by atoms with Gasteiger partial charge in [-0.15, -0.1) is 11.6 Å². The second kappa shape index (κ2) is 8.76. The molecular formula is C21H23ClN2O7. The molecule has 1 aliphatic heterocycles. The number of allylic oxidation sites excluding steroid dienone is 5. The van der Waals surface area contributed by atoms with Crippen molar-refractivity contribution in [2.45, 2.75) is 25.4 Å². The van der Waals surface area contributed by atoms with Gasteiger partial charge in [-0.25, -0.2) is 4.99 Å². The number of alkyl halides is 1. The van der Waals surface area contributed by atoms with Gasteiger partial charge >= 0.3 is 0 Å². The summed E-state index contributed by atoms with van der Waals surface area (Å²) in [5, 5.41) is 11.3. The van der Waals surface area contributed by atoms with Crippen molar-refractivity contribution in [3.8, 4) is 0 Å². The highest BCUT2D eigenvalue weighted by molar-refractivity contribution is 6.27. The van der Waals surface area contributed by atoms with Crippen LogP contribution in [0.1, 0.15) is 19.8 Å². The molecule has 0 saturated carbocycles. The van der Waals surface area contributed by atoms with Crippen molar-refractivity contribution in [2.24, 2.45) is 16.8 Å². The van der Waals surface area contributed by atoms with Gasteiger partial charge in [-0.1, -0.05) is 0 Å². The normalized spacial score (nSPS) is 27.5. The molecule has 0 aromatic rings. The van der Waals surface area contributed by atoms with E-state index in [2.05, 4.69) is 4.99 Å². The van der Waals surface area contributed by atoms with Crippen LogP contribution in [0.2, 0.25) is 0 Å². The summed E-state index contributed by atoms with van der Waals surface area (Å²) in [5.74, 6) is -1.09. The topological polar surface area (TPSA) is 117 Å². The van der Waals surface area contributed by atoms with Crippen LogP contribution < -0.4 is 0 Å². The number of halogens is 1. The third-order valence-electron chi connectivity index (χ3n) is 5.71. The Hall–Kier alpha value is -2.78. The summed E-state index contributed by atoms with van der Waals surface area (Å²) >= 11 is 5.92. The molecule has 0 amide bonds. The highest BCUT2D eigenvalue weighted by Gasteiger charge is 2.53. The number of ether oxygens (including phenoxy) is 3. The maximum absolute atomic E-state index is 13.2. The Labute approximate surface area is 184 Å². The molecule has 0 radical (unpaired) electrons. The van der Waals surface area contributed by atoms with Crippen LogP contribution in [0.4, 0.5) is 0 Å². The average molecular weight is 451 g/mol. The van der Waals surface area contributed by atoms with Gasteiger partial charge in [-0.05, 0) is 37.5 Å². The van der Waals surface area contributed by atoms with Crippen molar-refractivity contribution in [3.63, 3.8) is 0 Å². The fourth-order valence-corrected chi connectivity index (χ4v) is 4.47. The van der Waals surface area contributed by atoms with Crippen LogP contribution in [0.3, 0.4) is 0 Å². The summed E-state index contributed by atoms with van der Waals surface area (Å²) < 4.78 is 16.4. The first-order valence-corrected chi connectivity index (χ1v) is 10.1. The predicted molar refractivity (Wildman–Crippen MR) is 112 cm³/mol. The summed E-state index contributed by atoms with van der Waals surface area (Å²) in [5.41, 5.74) is -0.899. The van der Waals surface area contributed by atoms with Gasteiger partial charge in [0.15, 0.2) is 23.1 Å². The van der Waals surface area contributed by atoms with E-state index in [0.29, 0.717) is 12.0 Å². The van der Waals surface area contributed by atoms with E-state index in [4.69, 9.17) is 25.8 Å². The lowest BCUT2D eigenvalue weighted by Gasteiger charge is -2.35. The lowest BCUT2D eigenvalue weighted by atomic mass is 9.81. The van der Waals surface area contributed by atoms with Crippen molar-refractivity contribution in [3.05, 3.63) is 56.8 Å². The molecule has 9 nitrogen and oxygen atoms in total. The van der Waals surface area contributed by atoms with E-state index in [1.54, 1.807) is 12.2 Å². The molecule has 3 unspecified atom stereocenters. The highest BCUT2D eigenvalue weighted by atomic mass is 35.5. The van der Waals surface area contributed by atoms with E-state index in [1.807, 2.05) is 0 Å². The monoisotopic (exact) mass is 450 g/mol. The quantitative estimate of drug-likeness (QED) is 0.317. The Kier molecular flexibility index (Phi) is 6.47. The summed E-state index contributed by atoms with van der Waals surface area (Å²) in [7, 11) is 4.16. The molecule has 166 valence electrons. The van der Waals surface area contributed by atoms with Gasteiger partial charge in [0.05, 0.1) is 24.9 Å². The SMILES string of the molecule is COC1=C(OC)C(OC)(C(C)=O)C2=NC(C(=O)C3CC([N+](=O)[O-])=CC(CCl)C3)=CC2=C1. The zero-order valence-corrected chi connectivity index (χ0v) is 18.4. The lowest BCUT2D eigenvalue weighted by molar-refractivity contribution is -0.430. The minimum Gasteiger partial charge on any atom is -0.493 e. The number of hydrogen-bond donors (Lipinski definition) is 0. The Morgan fingerprint density at radius 2 is 2.00 bits per heavy atom. The Bertz CT molecular complexity index is 992. The van der Waals surface area contributed by atoms with Gasteiger partial charge < -0.3 is 14.2 Å². The molecule has 0 spiro atoms. The number of methoxy groups -OCH3 is 3. The van der Waals surface area contributed by atoms with Gasteiger partial charge in [0.25, 0.3) is 0 Å². The van der Waals surface area contributed by atoms with E-state index >= 15 is 0 Å². The summed E-state index contributed by atoms with van der Waals surface area (Å²) in [6.45, 7) is 1.33. The summed E-state index contributed by atoms with van der Waals surface area (Å²) in [6.07, 6.45) is 5.05. The maximum atomic E-state index is 13.2. The largest absolute Gasteiger partial charge is 0.493 e. The zero-order valence-electron chi connectivity index (χ0n) is 17.6. The number of carbonyl (C=O) groups excluding carboxylic acids is 2. The molecule has 0 N–H and O–H groups in total. The smallest absolute Gasteiger partial charge is 0.243 e. The summed E-state index contributed by atoms with van der Waals surface area (Å²) in [6, 6.07) is 0. The van der Waals surface area contributed by atoms with Crippen LogP contribution in [0.25, 0.3) is 0 Å². The van der Waals surface area contributed by atoms with E-state index < -0.39 is 22.2 Å². The first kappa shape index (κ1) is 22.9. The fourth-order valence-electron chi connectivity index (χ4n) is 4.26. The number of nitrogens with zero attached hydrogens (tertiary/aromatic N) is 2. The number of Topliss-reactive ketones (excluding diaryl/α,β-unsaturated/α-hetero) is 2. The Balaban J connectivity index is 2.02. The number of ketones is 2. The van der Waals surface area contributed by atoms with Crippen molar-refractivity contribution >= 4 is 28.9 Å². The number of hydrogen-bond acceptors (Lipinski definition) is 8. The van der Waals surface area contributed by atoms with Gasteiger partial charge in [0.2, 0.25) is 11.3 Å². The minimum atomic E-state index is -1.67. The summed E-state index contributed by atoms with van der Waals surface area (Å²) in [4.78, 5) is 41.2. The number of rotatable bonds is 8. The molecule has 1 heterocycles. The van der Waals surface area contributed by atoms with Gasteiger partial charge in [0.1, 0.15) is 5.70 Å². The molecule has 0 bridgehead atoms. The van der Waals surface area contributed by atoms with Crippen molar-refractivity contribution < 1.29 is 28.7 Å². The van der Waals surface area contributed by atoms with Crippen molar-refractivity contribution in [1.29, 1.82) is 0 Å². The first-order valence-electron chi connectivity index (χ1n) is 9.60. The fraction of sp³-hybridized carbons (Fsp3) is 0.476. The predicted octanol–water partition coefficient (Wildman–Crippen LogP) is 2.74. The van der Waals surface area contributed by atoms with Crippen molar-refractivity contribution in [2.75, 3.05) is 27.2 Å². The lowest BCUT2D eigenvalue weighted by Crippen LogP contribution is -2.51. The highest BCUT2D eigenvalue weighted by Crippen LogP contribution is 2.41. The third-order valence-corrected chi connectivity index (χ3v) is 6.11. The second-order valence-electron chi connectivity index (χ2n) is 7.46. The molecule has 0 saturated heterocycles. The van der Waals surface area contributed by atoms with Crippen LogP contribution in [-0.2, 0) is 23.8 Å². The molecular weight excluding hydrogens is 428 g/mol. The molecule has 10 heteroatoms. The molecule has 3 rings (SSSR count). The minimum absolute atomic E-state index is 0.00646. The molecule has 3 atom stereocenters. The number of fused-ring (bicyclic) bond motifs is 1. The molecule has 3 aliphatic rings. The number of carbonyl (C=O) groups is 2. The molecule has 0 fully saturated rings. The molecule has 0 aromatic carbocycles. The van der Waals surface area contributed by atoms with E-state index in [-0.39, 0.29) is 52.6 Å². The van der Waals surface area contributed by atoms with Crippen LogP contribution >= 0.6 is 11.6 Å². The number of nitro groups is 1.